The quantitative estimate of drug-likeness (QED) is 0.597. The van der Waals surface area contributed by atoms with Crippen LogP contribution < -0.4 is 0 Å². The number of fused-ring (bicyclic) bond motifs is 1. The van der Waals surface area contributed by atoms with E-state index in [1.54, 1.807) is 0 Å². The number of nitrogens with zero attached hydrogens (tertiary/aromatic N) is 2. The summed E-state index contributed by atoms with van der Waals surface area (Å²) in [7, 11) is 0. The molecule has 2 heteroatoms. The number of aryl methyl sites for hydroxylation is 1. The molecule has 0 aliphatic rings. The van der Waals surface area contributed by atoms with Gasteiger partial charge in [-0.15, -0.1) is 0 Å². The van der Waals surface area contributed by atoms with Gasteiger partial charge in [-0.2, -0.15) is 0 Å². The Morgan fingerprint density at radius 3 is 3.36 bits per heavy atom. The lowest BCUT2D eigenvalue weighted by Crippen LogP contribution is -1.85. The van der Waals surface area contributed by atoms with Crippen molar-refractivity contribution < 1.29 is 0 Å². The van der Waals surface area contributed by atoms with Gasteiger partial charge in [0.25, 0.3) is 0 Å². The van der Waals surface area contributed by atoms with Crippen LogP contribution in [0.1, 0.15) is 12.5 Å². The molecule has 0 N–H and O–H groups in total. The third kappa shape index (κ3) is 1.00. The van der Waals surface area contributed by atoms with E-state index in [4.69, 9.17) is 0 Å². The maximum atomic E-state index is 4.07. The molecule has 2 nitrogen and oxygen atoms in total. The van der Waals surface area contributed by atoms with E-state index in [0.717, 1.165) is 12.1 Å². The molecule has 0 aliphatic heterocycles. The van der Waals surface area contributed by atoms with Gasteiger partial charge < -0.3 is 4.40 Å². The number of imidazole rings is 1. The van der Waals surface area contributed by atoms with Crippen molar-refractivity contribution in [1.29, 1.82) is 0 Å². The third-order valence-corrected chi connectivity index (χ3v) is 1.81. The molecule has 0 unspecified atom stereocenters. The van der Waals surface area contributed by atoms with E-state index in [-0.39, 0.29) is 0 Å². The molecule has 2 aromatic rings. The standard InChI is InChI=1S/C9H9N2/c1-2-8-3-5-11-6-4-10-9(11)7-8/h3,5-7H,2H2,1H3. The molecular formula is C9H9N2. The van der Waals surface area contributed by atoms with Crippen LogP contribution in [-0.4, -0.2) is 9.38 Å². The van der Waals surface area contributed by atoms with Crippen molar-refractivity contribution in [2.75, 3.05) is 0 Å². The minimum atomic E-state index is 0.976. The summed E-state index contributed by atoms with van der Waals surface area (Å²) in [5, 5.41) is 0. The molecule has 0 saturated carbocycles. The first-order valence-corrected chi connectivity index (χ1v) is 3.74. The van der Waals surface area contributed by atoms with Gasteiger partial charge in [-0.05, 0) is 24.1 Å². The van der Waals surface area contributed by atoms with Crippen molar-refractivity contribution in [3.8, 4) is 0 Å². The lowest BCUT2D eigenvalue weighted by atomic mass is 10.2. The smallest absolute Gasteiger partial charge is 0.137 e. The molecule has 11 heavy (non-hydrogen) atoms. The van der Waals surface area contributed by atoms with Crippen molar-refractivity contribution in [3.63, 3.8) is 0 Å². The average molecular weight is 145 g/mol. The third-order valence-electron chi connectivity index (χ3n) is 1.81. The topological polar surface area (TPSA) is 17.3 Å². The Balaban J connectivity index is 2.67. The van der Waals surface area contributed by atoms with E-state index in [1.807, 2.05) is 16.8 Å². The predicted molar refractivity (Wildman–Crippen MR) is 43.4 cm³/mol. The Labute approximate surface area is 65.5 Å². The second kappa shape index (κ2) is 2.38. The molecule has 0 spiro atoms. The van der Waals surface area contributed by atoms with Gasteiger partial charge in [0.1, 0.15) is 11.8 Å². The summed E-state index contributed by atoms with van der Waals surface area (Å²) >= 11 is 0. The Bertz CT molecular complexity index is 362. The van der Waals surface area contributed by atoms with Crippen LogP contribution >= 0.6 is 0 Å². The maximum Gasteiger partial charge on any atom is 0.137 e. The Kier molecular flexibility index (Phi) is 1.39. The zero-order chi connectivity index (χ0) is 7.68. The fourth-order valence-electron chi connectivity index (χ4n) is 1.12. The number of pyridine rings is 1. The minimum Gasteiger partial charge on any atom is -0.306 e. The fourth-order valence-corrected chi connectivity index (χ4v) is 1.12. The van der Waals surface area contributed by atoms with Gasteiger partial charge in [-0.3, -0.25) is 0 Å². The molecule has 2 heterocycles. The summed E-state index contributed by atoms with van der Waals surface area (Å²) in [5.74, 6) is 0. The van der Waals surface area contributed by atoms with Gasteiger partial charge in [-0.1, -0.05) is 6.92 Å². The van der Waals surface area contributed by atoms with Crippen LogP contribution in [0.15, 0.2) is 24.5 Å². The lowest BCUT2D eigenvalue weighted by molar-refractivity contribution is 1.10. The van der Waals surface area contributed by atoms with Crippen LogP contribution in [0.4, 0.5) is 0 Å². The van der Waals surface area contributed by atoms with Crippen LogP contribution in [-0.2, 0) is 6.42 Å². The molecule has 0 bridgehead atoms. The van der Waals surface area contributed by atoms with Crippen LogP contribution in [0.5, 0.6) is 0 Å². The highest BCUT2D eigenvalue weighted by Crippen LogP contribution is 2.04. The van der Waals surface area contributed by atoms with Crippen molar-refractivity contribution in [1.82, 2.24) is 9.38 Å². The van der Waals surface area contributed by atoms with Crippen LogP contribution in [0.2, 0.25) is 0 Å². The molecule has 1 radical (unpaired) electrons. The van der Waals surface area contributed by atoms with Gasteiger partial charge in [0.2, 0.25) is 0 Å². The SMILES string of the molecule is CCc1ccn2c[c]nc2c1. The van der Waals surface area contributed by atoms with Gasteiger partial charge in [0.15, 0.2) is 0 Å². The predicted octanol–water partition coefficient (Wildman–Crippen LogP) is 1.70. The lowest BCUT2D eigenvalue weighted by Gasteiger charge is -1.96. The first-order chi connectivity index (χ1) is 5.40. The molecule has 55 valence electrons. The normalized spacial score (nSPS) is 10.6. The Hall–Kier alpha value is -1.31. The van der Waals surface area contributed by atoms with Gasteiger partial charge in [0, 0.05) is 12.4 Å². The summed E-state index contributed by atoms with van der Waals surface area (Å²) in [6, 6.07) is 4.18. The fraction of sp³-hybridized carbons (Fsp3) is 0.222. The summed E-state index contributed by atoms with van der Waals surface area (Å²) in [5.41, 5.74) is 2.29. The molecule has 0 aliphatic carbocycles. The van der Waals surface area contributed by atoms with E-state index in [1.165, 1.54) is 5.56 Å². The monoisotopic (exact) mass is 145 g/mol. The van der Waals surface area contributed by atoms with Crippen molar-refractivity contribution in [2.24, 2.45) is 0 Å². The second-order valence-electron chi connectivity index (χ2n) is 2.52. The van der Waals surface area contributed by atoms with Crippen LogP contribution in [0.25, 0.3) is 5.65 Å². The van der Waals surface area contributed by atoms with Crippen molar-refractivity contribution in [2.45, 2.75) is 13.3 Å². The average Bonchev–Trinajstić information content (AvgIpc) is 2.50. The van der Waals surface area contributed by atoms with E-state index in [9.17, 15) is 0 Å². The maximum absolute atomic E-state index is 4.07. The van der Waals surface area contributed by atoms with Gasteiger partial charge in [0.05, 0.1) is 0 Å². The molecule has 0 amide bonds. The van der Waals surface area contributed by atoms with E-state index < -0.39 is 0 Å². The molecular weight excluding hydrogens is 136 g/mol. The summed E-state index contributed by atoms with van der Waals surface area (Å²) in [6.45, 7) is 2.14. The zero-order valence-electron chi connectivity index (χ0n) is 6.41. The first-order valence-electron chi connectivity index (χ1n) is 3.74. The highest BCUT2D eigenvalue weighted by atomic mass is 15.0. The number of hydrogen-bond acceptors (Lipinski definition) is 1. The van der Waals surface area contributed by atoms with Crippen LogP contribution in [0, 0.1) is 6.20 Å². The molecule has 0 aromatic carbocycles. The van der Waals surface area contributed by atoms with Crippen molar-refractivity contribution in [3.05, 3.63) is 36.3 Å². The van der Waals surface area contributed by atoms with E-state index in [0.29, 0.717) is 0 Å². The molecule has 0 saturated heterocycles. The Morgan fingerprint density at radius 2 is 2.55 bits per heavy atom. The largest absolute Gasteiger partial charge is 0.306 e. The summed E-state index contributed by atoms with van der Waals surface area (Å²) in [6.07, 6.45) is 7.70. The first kappa shape index (κ1) is 6.40. The minimum absolute atomic E-state index is 0.976. The molecule has 2 aromatic heterocycles. The van der Waals surface area contributed by atoms with E-state index in [2.05, 4.69) is 30.2 Å². The summed E-state index contributed by atoms with van der Waals surface area (Å²) < 4.78 is 1.96. The van der Waals surface area contributed by atoms with Gasteiger partial charge in [-0.25, -0.2) is 4.98 Å². The molecule has 2 rings (SSSR count). The Morgan fingerprint density at radius 1 is 1.64 bits per heavy atom. The summed E-state index contributed by atoms with van der Waals surface area (Å²) in [4.78, 5) is 4.07. The molecule has 0 fully saturated rings. The van der Waals surface area contributed by atoms with E-state index >= 15 is 0 Å². The van der Waals surface area contributed by atoms with Crippen LogP contribution in [0.3, 0.4) is 0 Å². The highest BCUT2D eigenvalue weighted by Gasteiger charge is 1.93. The highest BCUT2D eigenvalue weighted by molar-refractivity contribution is 5.40. The number of rotatable bonds is 1. The second-order valence-corrected chi connectivity index (χ2v) is 2.52. The molecule has 0 atom stereocenters. The number of hydrogen-bond donors (Lipinski definition) is 0. The van der Waals surface area contributed by atoms with Gasteiger partial charge >= 0.3 is 0 Å². The number of aromatic nitrogens is 2. The zero-order valence-corrected chi connectivity index (χ0v) is 6.41. The van der Waals surface area contributed by atoms with Crippen molar-refractivity contribution >= 4 is 5.65 Å².